The number of hydrogen-bond donors (Lipinski definition) is 0. The van der Waals surface area contributed by atoms with Gasteiger partial charge in [-0.2, -0.15) is 5.10 Å². The van der Waals surface area contributed by atoms with Crippen molar-refractivity contribution >= 4 is 21.7 Å². The number of methoxy groups -OCH3 is 2. The SMILES string of the molecule is COc1ccc(C(=O)c2cn(C)nc2C)c(OC)c1Br. The molecular formula is C14H15BrN2O3. The first-order valence-electron chi connectivity index (χ1n) is 5.95. The van der Waals surface area contributed by atoms with Crippen LogP contribution < -0.4 is 9.47 Å². The molecule has 0 aliphatic heterocycles. The van der Waals surface area contributed by atoms with Crippen LogP contribution in [0.25, 0.3) is 0 Å². The highest BCUT2D eigenvalue weighted by Gasteiger charge is 2.22. The van der Waals surface area contributed by atoms with Gasteiger partial charge in [0.15, 0.2) is 5.78 Å². The minimum absolute atomic E-state index is 0.129. The Morgan fingerprint density at radius 2 is 1.95 bits per heavy atom. The van der Waals surface area contributed by atoms with Crippen molar-refractivity contribution in [3.05, 3.63) is 39.6 Å². The fraction of sp³-hybridized carbons (Fsp3) is 0.286. The van der Waals surface area contributed by atoms with E-state index in [0.29, 0.717) is 32.8 Å². The molecule has 0 N–H and O–H groups in total. The quantitative estimate of drug-likeness (QED) is 0.804. The zero-order chi connectivity index (χ0) is 14.9. The molecule has 2 rings (SSSR count). The van der Waals surface area contributed by atoms with Gasteiger partial charge in [-0.05, 0) is 35.0 Å². The second-order valence-electron chi connectivity index (χ2n) is 4.29. The van der Waals surface area contributed by atoms with Gasteiger partial charge in [0.2, 0.25) is 0 Å². The van der Waals surface area contributed by atoms with Crippen molar-refractivity contribution in [2.24, 2.45) is 7.05 Å². The van der Waals surface area contributed by atoms with Crippen LogP contribution in [0.5, 0.6) is 11.5 Å². The van der Waals surface area contributed by atoms with Crippen LogP contribution in [0.4, 0.5) is 0 Å². The summed E-state index contributed by atoms with van der Waals surface area (Å²) in [5.74, 6) is 0.940. The molecule has 0 fully saturated rings. The first kappa shape index (κ1) is 14.6. The zero-order valence-electron chi connectivity index (χ0n) is 11.7. The molecule has 2 aromatic rings. The van der Waals surface area contributed by atoms with Crippen molar-refractivity contribution in [2.45, 2.75) is 6.92 Å². The van der Waals surface area contributed by atoms with Crippen LogP contribution in [0.15, 0.2) is 22.8 Å². The number of benzene rings is 1. The number of halogens is 1. The van der Waals surface area contributed by atoms with Crippen molar-refractivity contribution in [3.63, 3.8) is 0 Å². The van der Waals surface area contributed by atoms with Crippen LogP contribution in [0.1, 0.15) is 21.6 Å². The van der Waals surface area contributed by atoms with E-state index in [-0.39, 0.29) is 5.78 Å². The van der Waals surface area contributed by atoms with Crippen molar-refractivity contribution in [1.82, 2.24) is 9.78 Å². The molecule has 0 saturated heterocycles. The van der Waals surface area contributed by atoms with E-state index in [9.17, 15) is 4.79 Å². The summed E-state index contributed by atoms with van der Waals surface area (Å²) in [5.41, 5.74) is 1.71. The molecule has 1 aromatic heterocycles. The summed E-state index contributed by atoms with van der Waals surface area (Å²) >= 11 is 3.39. The fourth-order valence-corrected chi connectivity index (χ4v) is 2.71. The van der Waals surface area contributed by atoms with Gasteiger partial charge >= 0.3 is 0 Å². The maximum absolute atomic E-state index is 12.6. The Morgan fingerprint density at radius 3 is 2.45 bits per heavy atom. The third-order valence-corrected chi connectivity index (χ3v) is 3.74. The van der Waals surface area contributed by atoms with Gasteiger partial charge in [-0.3, -0.25) is 9.48 Å². The van der Waals surface area contributed by atoms with E-state index in [1.165, 1.54) is 7.11 Å². The van der Waals surface area contributed by atoms with E-state index >= 15 is 0 Å². The summed E-state index contributed by atoms with van der Waals surface area (Å²) in [6.07, 6.45) is 1.70. The maximum atomic E-state index is 12.6. The molecule has 0 spiro atoms. The Morgan fingerprint density at radius 1 is 1.25 bits per heavy atom. The molecule has 1 aromatic carbocycles. The summed E-state index contributed by atoms with van der Waals surface area (Å²) in [5, 5.41) is 4.19. The monoisotopic (exact) mass is 338 g/mol. The van der Waals surface area contributed by atoms with Crippen molar-refractivity contribution < 1.29 is 14.3 Å². The van der Waals surface area contributed by atoms with Gasteiger partial charge in [0.05, 0.1) is 31.0 Å². The highest BCUT2D eigenvalue weighted by molar-refractivity contribution is 9.10. The second-order valence-corrected chi connectivity index (χ2v) is 5.09. The molecule has 6 heteroatoms. The van der Waals surface area contributed by atoms with Crippen LogP contribution in [-0.4, -0.2) is 29.8 Å². The van der Waals surface area contributed by atoms with Gasteiger partial charge in [-0.25, -0.2) is 0 Å². The molecule has 0 bridgehead atoms. The van der Waals surface area contributed by atoms with Gasteiger partial charge in [0.25, 0.3) is 0 Å². The van der Waals surface area contributed by atoms with E-state index < -0.39 is 0 Å². The van der Waals surface area contributed by atoms with Gasteiger partial charge < -0.3 is 9.47 Å². The Balaban J connectivity index is 2.55. The molecule has 1 heterocycles. The van der Waals surface area contributed by atoms with E-state index in [1.54, 1.807) is 44.1 Å². The smallest absolute Gasteiger partial charge is 0.200 e. The van der Waals surface area contributed by atoms with Crippen LogP contribution in [0.2, 0.25) is 0 Å². The second kappa shape index (κ2) is 5.66. The van der Waals surface area contributed by atoms with Gasteiger partial charge in [0.1, 0.15) is 16.0 Å². The van der Waals surface area contributed by atoms with E-state index in [1.807, 2.05) is 0 Å². The molecule has 5 nitrogen and oxygen atoms in total. The fourth-order valence-electron chi connectivity index (χ4n) is 2.04. The number of carbonyl (C=O) groups excluding carboxylic acids is 1. The molecular weight excluding hydrogens is 324 g/mol. The summed E-state index contributed by atoms with van der Waals surface area (Å²) in [4.78, 5) is 12.6. The summed E-state index contributed by atoms with van der Waals surface area (Å²) in [6.45, 7) is 1.80. The molecule has 0 radical (unpaired) electrons. The van der Waals surface area contributed by atoms with E-state index in [4.69, 9.17) is 9.47 Å². The third kappa shape index (κ3) is 2.43. The standard InChI is InChI=1S/C14H15BrN2O3/c1-8-10(7-17(2)16-8)13(18)9-5-6-11(19-3)12(15)14(9)20-4/h5-7H,1-4H3. The molecule has 20 heavy (non-hydrogen) atoms. The molecule has 0 saturated carbocycles. The van der Waals surface area contributed by atoms with E-state index in [2.05, 4.69) is 21.0 Å². The lowest BCUT2D eigenvalue weighted by Crippen LogP contribution is -2.05. The number of aryl methyl sites for hydroxylation is 2. The number of rotatable bonds is 4. The molecule has 0 amide bonds. The molecule has 0 atom stereocenters. The number of carbonyl (C=O) groups is 1. The molecule has 0 unspecified atom stereocenters. The van der Waals surface area contributed by atoms with Crippen molar-refractivity contribution in [3.8, 4) is 11.5 Å². The number of nitrogens with zero attached hydrogens (tertiary/aromatic N) is 2. The molecule has 0 aliphatic rings. The number of hydrogen-bond acceptors (Lipinski definition) is 4. The number of ketones is 1. The predicted octanol–water partition coefficient (Wildman–Crippen LogP) is 2.74. The summed E-state index contributed by atoms with van der Waals surface area (Å²) in [6, 6.07) is 3.42. The normalized spacial score (nSPS) is 10.4. The van der Waals surface area contributed by atoms with Crippen LogP contribution in [-0.2, 0) is 7.05 Å². The lowest BCUT2D eigenvalue weighted by Gasteiger charge is -2.12. The number of aromatic nitrogens is 2. The zero-order valence-corrected chi connectivity index (χ0v) is 13.3. The topological polar surface area (TPSA) is 53.4 Å². The maximum Gasteiger partial charge on any atom is 0.200 e. The third-order valence-electron chi connectivity index (χ3n) is 2.99. The van der Waals surface area contributed by atoms with Gasteiger partial charge in [0, 0.05) is 13.2 Å². The lowest BCUT2D eigenvalue weighted by molar-refractivity contribution is 0.103. The van der Waals surface area contributed by atoms with E-state index in [0.717, 1.165) is 0 Å². The van der Waals surface area contributed by atoms with Crippen LogP contribution in [0.3, 0.4) is 0 Å². The summed E-state index contributed by atoms with van der Waals surface area (Å²) < 4.78 is 12.8. The Hall–Kier alpha value is -1.82. The Kier molecular flexibility index (Phi) is 4.13. The van der Waals surface area contributed by atoms with Crippen LogP contribution in [0, 0.1) is 6.92 Å². The first-order valence-corrected chi connectivity index (χ1v) is 6.74. The van der Waals surface area contributed by atoms with Crippen molar-refractivity contribution in [2.75, 3.05) is 14.2 Å². The summed E-state index contributed by atoms with van der Waals surface area (Å²) in [7, 11) is 4.86. The molecule has 106 valence electrons. The minimum atomic E-state index is -0.129. The van der Waals surface area contributed by atoms with Crippen LogP contribution >= 0.6 is 15.9 Å². The average molecular weight is 339 g/mol. The Bertz CT molecular complexity index is 665. The first-order chi connectivity index (χ1) is 9.49. The van der Waals surface area contributed by atoms with Crippen molar-refractivity contribution in [1.29, 1.82) is 0 Å². The van der Waals surface area contributed by atoms with Gasteiger partial charge in [-0.1, -0.05) is 0 Å². The average Bonchev–Trinajstić information content (AvgIpc) is 2.76. The number of ether oxygens (including phenoxy) is 2. The highest BCUT2D eigenvalue weighted by atomic mass is 79.9. The lowest BCUT2D eigenvalue weighted by atomic mass is 10.0. The highest BCUT2D eigenvalue weighted by Crippen LogP contribution is 2.38. The van der Waals surface area contributed by atoms with Gasteiger partial charge in [-0.15, -0.1) is 0 Å². The largest absolute Gasteiger partial charge is 0.495 e. The minimum Gasteiger partial charge on any atom is -0.495 e. The predicted molar refractivity (Wildman–Crippen MR) is 78.6 cm³/mol. The Labute approximate surface area is 125 Å². The molecule has 0 aliphatic carbocycles.